The molecule has 1 amide bonds. The first-order valence-electron chi connectivity index (χ1n) is 8.56. The molecule has 1 N–H and O–H groups in total. The zero-order valence-corrected chi connectivity index (χ0v) is 17.1. The number of methoxy groups -OCH3 is 1. The topological polar surface area (TPSA) is 63.7 Å². The highest BCUT2D eigenvalue weighted by molar-refractivity contribution is 9.10. The highest BCUT2D eigenvalue weighted by Crippen LogP contribution is 2.36. The number of ether oxygens (including phenoxy) is 2. The summed E-state index contributed by atoms with van der Waals surface area (Å²) in [6, 6.07) is 7.11. The lowest BCUT2D eigenvalue weighted by molar-refractivity contribution is 0.102. The SMILES string of the molecule is CCOc1c(Br)cc(C(=O)Nc2ccc(N(CC)CC)nc2)cc1OC. The second-order valence-electron chi connectivity index (χ2n) is 5.45. The standard InChI is InChI=1S/C19H24BrN3O3/c1-5-23(6-2)17-9-8-14(12-21-17)22-19(24)13-10-15(20)18(26-7-3)16(11-13)25-4/h8-12H,5-7H2,1-4H3,(H,22,24). The molecule has 0 fully saturated rings. The van der Waals surface area contributed by atoms with Gasteiger partial charge in [-0.3, -0.25) is 4.79 Å². The van der Waals surface area contributed by atoms with E-state index < -0.39 is 0 Å². The van der Waals surface area contributed by atoms with E-state index in [1.807, 2.05) is 19.1 Å². The molecular weight excluding hydrogens is 398 g/mol. The van der Waals surface area contributed by atoms with Crippen LogP contribution in [0.2, 0.25) is 0 Å². The van der Waals surface area contributed by atoms with Crippen LogP contribution in [0.4, 0.5) is 11.5 Å². The highest BCUT2D eigenvalue weighted by Gasteiger charge is 2.16. The molecule has 140 valence electrons. The summed E-state index contributed by atoms with van der Waals surface area (Å²) >= 11 is 3.43. The molecular formula is C19H24BrN3O3. The summed E-state index contributed by atoms with van der Waals surface area (Å²) in [6.45, 7) is 8.33. The Labute approximate surface area is 162 Å². The molecule has 0 bridgehead atoms. The van der Waals surface area contributed by atoms with Gasteiger partial charge in [0.25, 0.3) is 5.91 Å². The number of nitrogens with zero attached hydrogens (tertiary/aromatic N) is 2. The summed E-state index contributed by atoms with van der Waals surface area (Å²) in [7, 11) is 1.54. The molecule has 1 aromatic carbocycles. The van der Waals surface area contributed by atoms with Crippen LogP contribution in [0.3, 0.4) is 0 Å². The number of hydrogen-bond acceptors (Lipinski definition) is 5. The van der Waals surface area contributed by atoms with E-state index in [9.17, 15) is 4.79 Å². The molecule has 0 unspecified atom stereocenters. The average molecular weight is 422 g/mol. The Bertz CT molecular complexity index is 746. The van der Waals surface area contributed by atoms with E-state index in [4.69, 9.17) is 9.47 Å². The minimum Gasteiger partial charge on any atom is -0.493 e. The number of hydrogen-bond donors (Lipinski definition) is 1. The maximum atomic E-state index is 12.6. The number of pyridine rings is 1. The summed E-state index contributed by atoms with van der Waals surface area (Å²) in [5.74, 6) is 1.72. The van der Waals surface area contributed by atoms with Crippen LogP contribution in [0.5, 0.6) is 11.5 Å². The summed E-state index contributed by atoms with van der Waals surface area (Å²) in [5, 5.41) is 2.85. The minimum atomic E-state index is -0.246. The number of benzene rings is 1. The summed E-state index contributed by atoms with van der Waals surface area (Å²) in [5.41, 5.74) is 1.10. The lowest BCUT2D eigenvalue weighted by Crippen LogP contribution is -2.22. The molecule has 0 aliphatic heterocycles. The largest absolute Gasteiger partial charge is 0.493 e. The van der Waals surface area contributed by atoms with Crippen molar-refractivity contribution < 1.29 is 14.3 Å². The first-order valence-corrected chi connectivity index (χ1v) is 9.35. The van der Waals surface area contributed by atoms with Crippen LogP contribution in [0.25, 0.3) is 0 Å². The van der Waals surface area contributed by atoms with E-state index in [0.29, 0.717) is 33.8 Å². The van der Waals surface area contributed by atoms with E-state index in [-0.39, 0.29) is 5.91 Å². The molecule has 0 atom stereocenters. The molecule has 1 aromatic heterocycles. The third-order valence-corrected chi connectivity index (χ3v) is 4.46. The quantitative estimate of drug-likeness (QED) is 0.686. The number of carbonyl (C=O) groups excluding carboxylic acids is 1. The van der Waals surface area contributed by atoms with Gasteiger partial charge in [0.05, 0.1) is 30.1 Å². The molecule has 0 saturated carbocycles. The predicted octanol–water partition coefficient (Wildman–Crippen LogP) is 4.35. The van der Waals surface area contributed by atoms with Gasteiger partial charge in [-0.1, -0.05) is 0 Å². The second kappa shape index (κ2) is 9.43. The first-order chi connectivity index (χ1) is 12.5. The van der Waals surface area contributed by atoms with Crippen molar-refractivity contribution in [2.75, 3.05) is 37.0 Å². The fourth-order valence-electron chi connectivity index (χ4n) is 2.53. The van der Waals surface area contributed by atoms with Crippen molar-refractivity contribution in [3.05, 3.63) is 40.5 Å². The lowest BCUT2D eigenvalue weighted by Gasteiger charge is -2.19. The third-order valence-electron chi connectivity index (χ3n) is 3.87. The van der Waals surface area contributed by atoms with Crippen molar-refractivity contribution in [3.63, 3.8) is 0 Å². The van der Waals surface area contributed by atoms with Gasteiger partial charge >= 0.3 is 0 Å². The van der Waals surface area contributed by atoms with Crippen molar-refractivity contribution in [2.24, 2.45) is 0 Å². The van der Waals surface area contributed by atoms with Gasteiger partial charge in [-0.05, 0) is 61.0 Å². The van der Waals surface area contributed by atoms with Gasteiger partial charge in [0.15, 0.2) is 11.5 Å². The van der Waals surface area contributed by atoms with Gasteiger partial charge in [0, 0.05) is 18.7 Å². The van der Waals surface area contributed by atoms with E-state index in [2.05, 4.69) is 45.0 Å². The molecule has 2 aromatic rings. The lowest BCUT2D eigenvalue weighted by atomic mass is 10.2. The molecule has 0 aliphatic rings. The van der Waals surface area contributed by atoms with Crippen LogP contribution >= 0.6 is 15.9 Å². The number of amides is 1. The highest BCUT2D eigenvalue weighted by atomic mass is 79.9. The van der Waals surface area contributed by atoms with E-state index >= 15 is 0 Å². The van der Waals surface area contributed by atoms with Gasteiger partial charge in [-0.15, -0.1) is 0 Å². The number of nitrogens with one attached hydrogen (secondary N) is 1. The zero-order valence-electron chi connectivity index (χ0n) is 15.5. The Morgan fingerprint density at radius 1 is 1.23 bits per heavy atom. The Morgan fingerprint density at radius 3 is 2.50 bits per heavy atom. The number of anilines is 2. The molecule has 0 spiro atoms. The number of carbonyl (C=O) groups is 1. The maximum absolute atomic E-state index is 12.6. The monoisotopic (exact) mass is 421 g/mol. The zero-order chi connectivity index (χ0) is 19.1. The van der Waals surface area contributed by atoms with Crippen LogP contribution < -0.4 is 19.7 Å². The van der Waals surface area contributed by atoms with Crippen molar-refractivity contribution in [3.8, 4) is 11.5 Å². The van der Waals surface area contributed by atoms with Crippen molar-refractivity contribution in [1.29, 1.82) is 0 Å². The van der Waals surface area contributed by atoms with Gasteiger partial charge in [-0.2, -0.15) is 0 Å². The number of aromatic nitrogens is 1. The molecule has 0 aliphatic carbocycles. The van der Waals surface area contributed by atoms with Crippen molar-refractivity contribution >= 4 is 33.3 Å². The van der Waals surface area contributed by atoms with E-state index in [1.165, 1.54) is 0 Å². The molecule has 0 saturated heterocycles. The number of halogens is 1. The summed E-state index contributed by atoms with van der Waals surface area (Å²) in [4.78, 5) is 19.1. The molecule has 0 radical (unpaired) electrons. The smallest absolute Gasteiger partial charge is 0.255 e. The van der Waals surface area contributed by atoms with Crippen LogP contribution in [0.1, 0.15) is 31.1 Å². The van der Waals surface area contributed by atoms with Gasteiger partial charge < -0.3 is 19.7 Å². The predicted molar refractivity (Wildman–Crippen MR) is 108 cm³/mol. The fourth-order valence-corrected chi connectivity index (χ4v) is 3.09. The van der Waals surface area contributed by atoms with Crippen LogP contribution in [-0.4, -0.2) is 37.7 Å². The average Bonchev–Trinajstić information content (AvgIpc) is 2.65. The Hall–Kier alpha value is -2.28. The van der Waals surface area contributed by atoms with Gasteiger partial charge in [0.1, 0.15) is 5.82 Å². The minimum absolute atomic E-state index is 0.246. The normalized spacial score (nSPS) is 10.3. The Kier molecular flexibility index (Phi) is 7.26. The van der Waals surface area contributed by atoms with Crippen molar-refractivity contribution in [1.82, 2.24) is 4.98 Å². The van der Waals surface area contributed by atoms with Crippen LogP contribution in [-0.2, 0) is 0 Å². The van der Waals surface area contributed by atoms with E-state index in [0.717, 1.165) is 18.9 Å². The fraction of sp³-hybridized carbons (Fsp3) is 0.368. The Balaban J connectivity index is 2.18. The molecule has 7 heteroatoms. The first kappa shape index (κ1) is 20.0. The second-order valence-corrected chi connectivity index (χ2v) is 6.31. The van der Waals surface area contributed by atoms with Gasteiger partial charge in [-0.25, -0.2) is 4.98 Å². The van der Waals surface area contributed by atoms with Crippen molar-refractivity contribution in [2.45, 2.75) is 20.8 Å². The summed E-state index contributed by atoms with van der Waals surface area (Å²) < 4.78 is 11.5. The van der Waals surface area contributed by atoms with Crippen LogP contribution in [0, 0.1) is 0 Å². The third kappa shape index (κ3) is 4.66. The maximum Gasteiger partial charge on any atom is 0.255 e. The van der Waals surface area contributed by atoms with E-state index in [1.54, 1.807) is 25.4 Å². The molecule has 1 heterocycles. The molecule has 6 nitrogen and oxygen atoms in total. The molecule has 2 rings (SSSR count). The summed E-state index contributed by atoms with van der Waals surface area (Å²) in [6.07, 6.45) is 1.66. The number of rotatable bonds is 8. The molecule has 26 heavy (non-hydrogen) atoms. The van der Waals surface area contributed by atoms with Crippen LogP contribution in [0.15, 0.2) is 34.9 Å². The van der Waals surface area contributed by atoms with Gasteiger partial charge in [0.2, 0.25) is 0 Å². The Morgan fingerprint density at radius 2 is 1.96 bits per heavy atom.